The number of allylic oxidation sites excluding steroid dienone is 4. The van der Waals surface area contributed by atoms with Gasteiger partial charge in [-0.1, -0.05) is 26.0 Å². The minimum atomic E-state index is -0.116. The molecule has 37 heavy (non-hydrogen) atoms. The van der Waals surface area contributed by atoms with Crippen molar-refractivity contribution in [3.05, 3.63) is 78.1 Å². The largest absolute Gasteiger partial charge is 0.427 e. The Morgan fingerprint density at radius 2 is 1.92 bits per heavy atom. The average Bonchev–Trinajstić information content (AvgIpc) is 3.44. The molecular formula is C27H31N7O3. The minimum absolute atomic E-state index is 0.0580. The van der Waals surface area contributed by atoms with Gasteiger partial charge in [-0.15, -0.1) is 0 Å². The summed E-state index contributed by atoms with van der Waals surface area (Å²) in [5.74, 6) is 1.03. The third kappa shape index (κ3) is 6.28. The Balaban J connectivity index is 1.50. The molecule has 4 rings (SSSR count). The third-order valence-corrected chi connectivity index (χ3v) is 6.03. The summed E-state index contributed by atoms with van der Waals surface area (Å²) in [6.45, 7) is 9.39. The van der Waals surface area contributed by atoms with Crippen LogP contribution in [0.25, 0.3) is 0 Å². The third-order valence-electron chi connectivity index (χ3n) is 6.03. The molecule has 1 amide bonds. The first-order valence-corrected chi connectivity index (χ1v) is 12.3. The number of likely N-dealkylation sites (N-methyl/N-ethyl adjacent to an activating group) is 1. The van der Waals surface area contributed by atoms with Crippen molar-refractivity contribution in [2.75, 3.05) is 36.4 Å². The Morgan fingerprint density at radius 1 is 1.14 bits per heavy atom. The van der Waals surface area contributed by atoms with Crippen molar-refractivity contribution in [1.29, 1.82) is 0 Å². The van der Waals surface area contributed by atoms with E-state index in [1.54, 1.807) is 47.5 Å². The number of oxazole rings is 1. The molecule has 0 saturated carbocycles. The number of nitrogens with one attached hydrogen (secondary N) is 2. The Hall–Kier alpha value is -4.31. The van der Waals surface area contributed by atoms with Crippen molar-refractivity contribution < 1.29 is 14.0 Å². The van der Waals surface area contributed by atoms with Crippen LogP contribution >= 0.6 is 0 Å². The summed E-state index contributed by atoms with van der Waals surface area (Å²) in [6, 6.07) is 7.11. The second-order valence-corrected chi connectivity index (χ2v) is 8.47. The van der Waals surface area contributed by atoms with E-state index >= 15 is 0 Å². The minimum Gasteiger partial charge on any atom is -0.427 e. The normalized spacial score (nSPS) is 13.0. The van der Waals surface area contributed by atoms with E-state index in [2.05, 4.69) is 44.3 Å². The van der Waals surface area contributed by atoms with Crippen LogP contribution in [0.4, 0.5) is 23.3 Å². The number of ketones is 1. The van der Waals surface area contributed by atoms with Gasteiger partial charge >= 0.3 is 0 Å². The molecule has 0 bridgehead atoms. The highest BCUT2D eigenvalue weighted by atomic mass is 16.4. The molecule has 1 aliphatic rings. The molecule has 10 heteroatoms. The van der Waals surface area contributed by atoms with Crippen molar-refractivity contribution in [3.8, 4) is 0 Å². The van der Waals surface area contributed by atoms with Crippen LogP contribution in [0.1, 0.15) is 36.2 Å². The van der Waals surface area contributed by atoms with Gasteiger partial charge in [-0.25, -0.2) is 9.97 Å². The lowest BCUT2D eigenvalue weighted by atomic mass is 10.1. The highest BCUT2D eigenvalue weighted by molar-refractivity contribution is 6.02. The van der Waals surface area contributed by atoms with Crippen LogP contribution in [-0.2, 0) is 4.79 Å². The Bertz CT molecular complexity index is 1280. The number of carbonyl (C=O) groups is 2. The van der Waals surface area contributed by atoms with Gasteiger partial charge in [-0.3, -0.25) is 14.5 Å². The predicted octanol–water partition coefficient (Wildman–Crippen LogP) is 4.14. The number of aryl methyl sites for hydroxylation is 1. The maximum absolute atomic E-state index is 12.7. The van der Waals surface area contributed by atoms with Gasteiger partial charge in [0.05, 0.1) is 11.9 Å². The van der Waals surface area contributed by atoms with E-state index in [0.717, 1.165) is 30.9 Å². The molecule has 192 valence electrons. The molecule has 2 heterocycles. The van der Waals surface area contributed by atoms with Crippen LogP contribution in [0.3, 0.4) is 0 Å². The van der Waals surface area contributed by atoms with Gasteiger partial charge < -0.3 is 20.0 Å². The maximum atomic E-state index is 12.7. The average molecular weight is 502 g/mol. The second-order valence-electron chi connectivity index (χ2n) is 8.47. The quantitative estimate of drug-likeness (QED) is 0.400. The van der Waals surface area contributed by atoms with Crippen molar-refractivity contribution in [3.63, 3.8) is 0 Å². The molecule has 0 unspecified atom stereocenters. The number of hydrogen-bond acceptors (Lipinski definition) is 9. The number of anilines is 4. The molecule has 10 nitrogen and oxygen atoms in total. The fraction of sp³-hybridized carbons (Fsp3) is 0.296. The molecule has 1 aliphatic carbocycles. The standard InChI is InChI=1S/C27H31N7O3/c1-4-33(5-2)15-14-29-26(36)20-10-12-21(13-11-20)31-27-30-16-19(3)25(32-27)34(24-17-28-18-37-24)22-8-6-7-9-23(22)35/h6-8,10-13,16-18H,4-5,9,14-15H2,1-3H3,(H,29,36)(H,30,31,32). The van der Waals surface area contributed by atoms with E-state index in [0.29, 0.717) is 41.9 Å². The smallest absolute Gasteiger partial charge is 0.251 e. The molecule has 0 spiro atoms. The van der Waals surface area contributed by atoms with Crippen LogP contribution in [0, 0.1) is 6.92 Å². The summed E-state index contributed by atoms with van der Waals surface area (Å²) < 4.78 is 5.53. The highest BCUT2D eigenvalue weighted by Crippen LogP contribution is 2.33. The molecule has 2 aromatic heterocycles. The summed E-state index contributed by atoms with van der Waals surface area (Å²) >= 11 is 0. The van der Waals surface area contributed by atoms with Gasteiger partial charge in [0.2, 0.25) is 11.8 Å². The van der Waals surface area contributed by atoms with Crippen LogP contribution < -0.4 is 15.5 Å². The molecule has 0 radical (unpaired) electrons. The number of carbonyl (C=O) groups excluding carboxylic acids is 2. The summed E-state index contributed by atoms with van der Waals surface area (Å²) in [5, 5.41) is 6.13. The van der Waals surface area contributed by atoms with E-state index in [4.69, 9.17) is 4.42 Å². The molecule has 0 aliphatic heterocycles. The van der Waals surface area contributed by atoms with Gasteiger partial charge in [0.1, 0.15) is 5.82 Å². The van der Waals surface area contributed by atoms with Gasteiger partial charge in [-0.05, 0) is 50.4 Å². The van der Waals surface area contributed by atoms with Crippen molar-refractivity contribution in [2.45, 2.75) is 27.2 Å². The molecular weight excluding hydrogens is 470 g/mol. The monoisotopic (exact) mass is 501 g/mol. The zero-order chi connectivity index (χ0) is 26.2. The van der Waals surface area contributed by atoms with E-state index < -0.39 is 0 Å². The molecule has 1 aromatic carbocycles. The zero-order valence-electron chi connectivity index (χ0n) is 21.3. The number of hydrogen-bond donors (Lipinski definition) is 2. The summed E-state index contributed by atoms with van der Waals surface area (Å²) in [7, 11) is 0. The van der Waals surface area contributed by atoms with Crippen LogP contribution in [-0.4, -0.2) is 57.7 Å². The molecule has 0 fully saturated rings. The maximum Gasteiger partial charge on any atom is 0.251 e. The van der Waals surface area contributed by atoms with Crippen molar-refractivity contribution in [2.24, 2.45) is 0 Å². The van der Waals surface area contributed by atoms with Gasteiger partial charge in [0.25, 0.3) is 5.91 Å². The first-order valence-electron chi connectivity index (χ1n) is 12.3. The van der Waals surface area contributed by atoms with Gasteiger partial charge in [0.15, 0.2) is 12.2 Å². The van der Waals surface area contributed by atoms with Crippen molar-refractivity contribution >= 4 is 35.0 Å². The number of Topliss-reactive ketones (excluding diaryl/α,β-unsaturated/α-hetero) is 1. The van der Waals surface area contributed by atoms with Crippen LogP contribution in [0.2, 0.25) is 0 Å². The zero-order valence-corrected chi connectivity index (χ0v) is 21.3. The van der Waals surface area contributed by atoms with Gasteiger partial charge in [-0.2, -0.15) is 4.98 Å². The molecule has 0 atom stereocenters. The van der Waals surface area contributed by atoms with E-state index in [1.807, 2.05) is 13.0 Å². The number of rotatable bonds is 11. The second kappa shape index (κ2) is 12.1. The first-order chi connectivity index (χ1) is 18.0. The van der Waals surface area contributed by atoms with Gasteiger partial charge in [0, 0.05) is 42.5 Å². The molecule has 3 aromatic rings. The fourth-order valence-corrected chi connectivity index (χ4v) is 3.91. The Morgan fingerprint density at radius 3 is 2.59 bits per heavy atom. The van der Waals surface area contributed by atoms with Crippen LogP contribution in [0.5, 0.6) is 0 Å². The summed E-state index contributed by atoms with van der Waals surface area (Å²) in [4.78, 5) is 42.2. The van der Waals surface area contributed by atoms with E-state index in [1.165, 1.54) is 12.6 Å². The summed E-state index contributed by atoms with van der Waals surface area (Å²) in [6.07, 6.45) is 10.2. The summed E-state index contributed by atoms with van der Waals surface area (Å²) in [5.41, 5.74) is 2.48. The number of nitrogens with zero attached hydrogens (tertiary/aromatic N) is 5. The first kappa shape index (κ1) is 25.8. The Labute approximate surface area is 216 Å². The number of amides is 1. The molecule has 2 N–H and O–H groups in total. The number of benzene rings is 1. The topological polar surface area (TPSA) is 116 Å². The van der Waals surface area contributed by atoms with Crippen molar-refractivity contribution in [1.82, 2.24) is 25.2 Å². The lowest BCUT2D eigenvalue weighted by Crippen LogP contribution is -2.34. The van der Waals surface area contributed by atoms with E-state index in [9.17, 15) is 9.59 Å². The molecule has 0 saturated heterocycles. The lowest BCUT2D eigenvalue weighted by Gasteiger charge is -2.25. The SMILES string of the molecule is CCN(CC)CCNC(=O)c1ccc(Nc2ncc(C)c(N(C3=CC=CCC3=O)c3cnco3)n2)cc1. The highest BCUT2D eigenvalue weighted by Gasteiger charge is 2.26. The number of aromatic nitrogens is 3. The fourth-order valence-electron chi connectivity index (χ4n) is 3.91. The lowest BCUT2D eigenvalue weighted by molar-refractivity contribution is -0.114. The predicted molar refractivity (Wildman–Crippen MR) is 142 cm³/mol. The van der Waals surface area contributed by atoms with E-state index in [-0.39, 0.29) is 11.7 Å². The van der Waals surface area contributed by atoms with Crippen LogP contribution in [0.15, 0.2) is 71.4 Å². The Kier molecular flexibility index (Phi) is 8.42.